The third kappa shape index (κ3) is 3.62. The van der Waals surface area contributed by atoms with Gasteiger partial charge in [0, 0.05) is 34.0 Å². The van der Waals surface area contributed by atoms with Crippen molar-refractivity contribution >= 4 is 28.4 Å². The molecule has 22 heavy (non-hydrogen) atoms. The Morgan fingerprint density at radius 2 is 2.09 bits per heavy atom. The summed E-state index contributed by atoms with van der Waals surface area (Å²) in [6.07, 6.45) is 0. The van der Waals surface area contributed by atoms with Crippen LogP contribution in [0.2, 0.25) is 0 Å². The summed E-state index contributed by atoms with van der Waals surface area (Å²) in [4.78, 5) is 13.8. The fourth-order valence-corrected chi connectivity index (χ4v) is 3.48. The topological polar surface area (TPSA) is 79.2 Å². The van der Waals surface area contributed by atoms with E-state index >= 15 is 0 Å². The number of fused-ring (bicyclic) bond motifs is 1. The van der Waals surface area contributed by atoms with Crippen molar-refractivity contribution in [1.82, 2.24) is 4.98 Å². The maximum absolute atomic E-state index is 11.0. The van der Waals surface area contributed by atoms with Crippen LogP contribution in [0.5, 0.6) is 0 Å². The Bertz CT molecular complexity index is 692. The van der Waals surface area contributed by atoms with Gasteiger partial charge in [0.1, 0.15) is 5.60 Å². The molecule has 0 aliphatic heterocycles. The summed E-state index contributed by atoms with van der Waals surface area (Å²) in [7, 11) is 0. The number of aromatic nitrogens is 1. The smallest absolute Gasteiger partial charge is 0.273 e. The molecule has 0 radical (unpaired) electrons. The van der Waals surface area contributed by atoms with Crippen LogP contribution in [0.25, 0.3) is 10.9 Å². The highest BCUT2D eigenvalue weighted by Crippen LogP contribution is 2.31. The molecular formula is C16H22N2O3S. The van der Waals surface area contributed by atoms with Gasteiger partial charge in [0.15, 0.2) is 0 Å². The number of benzene rings is 1. The minimum Gasteiger partial charge on any atom is -0.383 e. The zero-order valence-corrected chi connectivity index (χ0v) is 14.2. The number of nitro groups is 1. The van der Waals surface area contributed by atoms with Crippen molar-refractivity contribution in [2.75, 3.05) is 11.5 Å². The highest BCUT2D eigenvalue weighted by atomic mass is 32.2. The zero-order chi connectivity index (χ0) is 16.5. The number of aromatic amines is 1. The van der Waals surface area contributed by atoms with E-state index in [1.165, 1.54) is 0 Å². The van der Waals surface area contributed by atoms with Crippen molar-refractivity contribution in [1.29, 1.82) is 0 Å². The lowest BCUT2D eigenvalue weighted by atomic mass is 10.1. The van der Waals surface area contributed by atoms with Crippen molar-refractivity contribution < 1.29 is 10.0 Å². The van der Waals surface area contributed by atoms with E-state index in [2.05, 4.69) is 18.8 Å². The number of nitrogens with one attached hydrogen (secondary N) is 1. The lowest BCUT2D eigenvalue weighted by Gasteiger charge is -2.22. The molecule has 0 spiro atoms. The first-order chi connectivity index (χ1) is 10.2. The maximum atomic E-state index is 11.0. The number of hydrogen-bond donors (Lipinski definition) is 2. The molecule has 1 atom stereocenters. The van der Waals surface area contributed by atoms with Gasteiger partial charge in [-0.3, -0.25) is 10.1 Å². The molecule has 1 heterocycles. The Balaban J connectivity index is 2.30. The third-order valence-electron chi connectivity index (χ3n) is 3.55. The number of hydrogen-bond acceptors (Lipinski definition) is 4. The number of aliphatic hydroxyl groups is 1. The van der Waals surface area contributed by atoms with E-state index in [1.54, 1.807) is 43.8 Å². The average Bonchev–Trinajstić information content (AvgIpc) is 2.80. The van der Waals surface area contributed by atoms with Gasteiger partial charge in [-0.1, -0.05) is 13.8 Å². The van der Waals surface area contributed by atoms with Crippen LogP contribution in [-0.4, -0.2) is 26.5 Å². The van der Waals surface area contributed by atoms with E-state index < -0.39 is 5.60 Å². The van der Waals surface area contributed by atoms with Crippen molar-refractivity contribution in [2.24, 2.45) is 5.92 Å². The van der Waals surface area contributed by atoms with E-state index in [9.17, 15) is 15.2 Å². The highest BCUT2D eigenvalue weighted by molar-refractivity contribution is 7.99. The Hall–Kier alpha value is -1.53. The van der Waals surface area contributed by atoms with Crippen LogP contribution in [0.15, 0.2) is 18.2 Å². The van der Waals surface area contributed by atoms with Gasteiger partial charge in [0.05, 0.1) is 4.92 Å². The van der Waals surface area contributed by atoms with Gasteiger partial charge in [-0.05, 0) is 37.7 Å². The third-order valence-corrected chi connectivity index (χ3v) is 5.22. The van der Waals surface area contributed by atoms with Crippen molar-refractivity contribution in [3.63, 3.8) is 0 Å². The van der Waals surface area contributed by atoms with Gasteiger partial charge < -0.3 is 10.1 Å². The summed E-state index contributed by atoms with van der Waals surface area (Å²) in [5.41, 5.74) is 1.24. The largest absolute Gasteiger partial charge is 0.383 e. The van der Waals surface area contributed by atoms with Gasteiger partial charge in [0.2, 0.25) is 0 Å². The zero-order valence-electron chi connectivity index (χ0n) is 13.3. The number of rotatable bonds is 6. The fourth-order valence-electron chi connectivity index (χ4n) is 2.33. The molecule has 0 saturated heterocycles. The minimum absolute atomic E-state index is 0.104. The normalized spacial score (nSPS) is 14.5. The number of thioether (sulfide) groups is 1. The molecule has 0 bridgehead atoms. The monoisotopic (exact) mass is 322 g/mol. The van der Waals surface area contributed by atoms with E-state index in [4.69, 9.17) is 0 Å². The molecule has 2 rings (SSSR count). The van der Waals surface area contributed by atoms with Crippen molar-refractivity contribution in [3.05, 3.63) is 39.6 Å². The lowest BCUT2D eigenvalue weighted by molar-refractivity contribution is -0.385. The first kappa shape index (κ1) is 16.8. The Morgan fingerprint density at radius 3 is 2.68 bits per heavy atom. The van der Waals surface area contributed by atoms with Gasteiger partial charge in [-0.2, -0.15) is 11.8 Å². The van der Waals surface area contributed by atoms with Crippen LogP contribution in [0, 0.1) is 23.0 Å². The molecule has 0 saturated carbocycles. The Labute approximate surface area is 134 Å². The van der Waals surface area contributed by atoms with E-state index in [0.717, 1.165) is 16.7 Å². The molecule has 0 amide bonds. The first-order valence-corrected chi connectivity index (χ1v) is 8.44. The molecule has 1 unspecified atom stereocenters. The second-order valence-electron chi connectivity index (χ2n) is 6.35. The van der Waals surface area contributed by atoms with E-state index in [0.29, 0.717) is 22.9 Å². The summed E-state index contributed by atoms with van der Waals surface area (Å²) in [6, 6.07) is 5.12. The predicted molar refractivity (Wildman–Crippen MR) is 91.4 cm³/mol. The summed E-state index contributed by atoms with van der Waals surface area (Å²) in [5, 5.41) is 22.4. The number of H-pyrrole nitrogens is 1. The predicted octanol–water partition coefficient (Wildman–Crippen LogP) is 3.98. The maximum Gasteiger partial charge on any atom is 0.273 e. The molecule has 1 aromatic carbocycles. The summed E-state index contributed by atoms with van der Waals surface area (Å²) >= 11 is 1.71. The number of nitro benzene ring substituents is 1. The van der Waals surface area contributed by atoms with E-state index in [1.807, 2.05) is 0 Å². The van der Waals surface area contributed by atoms with Crippen LogP contribution in [0.4, 0.5) is 5.69 Å². The van der Waals surface area contributed by atoms with Crippen molar-refractivity contribution in [2.45, 2.75) is 33.3 Å². The molecular weight excluding hydrogens is 300 g/mol. The van der Waals surface area contributed by atoms with Gasteiger partial charge in [-0.25, -0.2) is 0 Å². The van der Waals surface area contributed by atoms with Crippen LogP contribution in [0.3, 0.4) is 0 Å². The molecule has 120 valence electrons. The standard InChI is InChI=1S/C16H22N2O3S/c1-10(2)8-22-9-16(4,19)15-7-12-6-14(18(20)21)11(3)5-13(12)17-15/h5-7,10,17,19H,8-9H2,1-4H3. The number of aryl methyl sites for hydroxylation is 1. The molecule has 0 fully saturated rings. The van der Waals surface area contributed by atoms with Crippen LogP contribution < -0.4 is 0 Å². The Kier molecular flexibility index (Phi) is 4.82. The first-order valence-electron chi connectivity index (χ1n) is 7.29. The average molecular weight is 322 g/mol. The molecule has 1 aromatic heterocycles. The summed E-state index contributed by atoms with van der Waals surface area (Å²) in [6.45, 7) is 7.78. The van der Waals surface area contributed by atoms with E-state index in [-0.39, 0.29) is 10.6 Å². The summed E-state index contributed by atoms with van der Waals surface area (Å²) in [5.74, 6) is 2.15. The minimum atomic E-state index is -0.985. The molecule has 6 heteroatoms. The molecule has 5 nitrogen and oxygen atoms in total. The fraction of sp³-hybridized carbons (Fsp3) is 0.500. The lowest BCUT2D eigenvalue weighted by Crippen LogP contribution is -2.25. The second-order valence-corrected chi connectivity index (χ2v) is 7.38. The van der Waals surface area contributed by atoms with Crippen LogP contribution in [-0.2, 0) is 5.60 Å². The molecule has 2 aromatic rings. The second kappa shape index (κ2) is 6.30. The number of nitrogens with zero attached hydrogens (tertiary/aromatic N) is 1. The van der Waals surface area contributed by atoms with Crippen LogP contribution in [0.1, 0.15) is 32.0 Å². The highest BCUT2D eigenvalue weighted by Gasteiger charge is 2.26. The SMILES string of the molecule is Cc1cc2[nH]c(C(C)(O)CSCC(C)C)cc2cc1[N+](=O)[O-]. The van der Waals surface area contributed by atoms with Crippen LogP contribution >= 0.6 is 11.8 Å². The molecule has 0 aliphatic rings. The van der Waals surface area contributed by atoms with Gasteiger partial charge in [-0.15, -0.1) is 0 Å². The van der Waals surface area contributed by atoms with Crippen molar-refractivity contribution in [3.8, 4) is 0 Å². The Morgan fingerprint density at radius 1 is 1.41 bits per heavy atom. The summed E-state index contributed by atoms with van der Waals surface area (Å²) < 4.78 is 0. The molecule has 2 N–H and O–H groups in total. The van der Waals surface area contributed by atoms with Gasteiger partial charge in [0.25, 0.3) is 5.69 Å². The molecule has 0 aliphatic carbocycles. The quantitative estimate of drug-likeness (QED) is 0.623. The van der Waals surface area contributed by atoms with Gasteiger partial charge >= 0.3 is 0 Å².